The third-order valence-electron chi connectivity index (χ3n) is 3.97. The summed E-state index contributed by atoms with van der Waals surface area (Å²) in [7, 11) is -3.55. The van der Waals surface area contributed by atoms with Gasteiger partial charge in [0.2, 0.25) is 10.0 Å². The van der Waals surface area contributed by atoms with Crippen LogP contribution in [0.3, 0.4) is 0 Å². The first-order valence-corrected chi connectivity index (χ1v) is 8.41. The van der Waals surface area contributed by atoms with Crippen molar-refractivity contribution in [2.75, 3.05) is 11.6 Å². The van der Waals surface area contributed by atoms with Crippen LogP contribution in [0, 0.1) is 5.92 Å². The Morgan fingerprint density at radius 2 is 2.00 bits per heavy atom. The molecule has 0 aromatic heterocycles. The van der Waals surface area contributed by atoms with E-state index in [1.165, 1.54) is 4.31 Å². The molecular weight excluding hydrogens is 278 g/mol. The van der Waals surface area contributed by atoms with E-state index < -0.39 is 22.0 Å². The first kappa shape index (κ1) is 14.1. The molecule has 7 heteroatoms. The van der Waals surface area contributed by atoms with Crippen LogP contribution in [-0.4, -0.2) is 47.5 Å². The van der Waals surface area contributed by atoms with E-state index in [1.807, 2.05) is 0 Å². The van der Waals surface area contributed by atoms with Gasteiger partial charge in [0.1, 0.15) is 6.04 Å². The fraction of sp³-hybridized carbons (Fsp3) is 0.909. The maximum absolute atomic E-state index is 12.2. The van der Waals surface area contributed by atoms with E-state index in [4.69, 9.17) is 11.6 Å². The number of aliphatic carboxylic acids is 1. The standard InChI is InChI=1S/C11H18ClNO4S/c12-5-6-18(16,17)13-9-4-2-1-3-8(9)7-10(13)11(14)15/h8-10H,1-7H2,(H,14,15). The molecule has 0 radical (unpaired) electrons. The molecule has 1 N–H and O–H groups in total. The van der Waals surface area contributed by atoms with Gasteiger partial charge in [-0.05, 0) is 25.2 Å². The molecule has 104 valence electrons. The summed E-state index contributed by atoms with van der Waals surface area (Å²) in [6.07, 6.45) is 4.19. The van der Waals surface area contributed by atoms with Gasteiger partial charge >= 0.3 is 5.97 Å². The molecule has 0 amide bonds. The van der Waals surface area contributed by atoms with Gasteiger partial charge in [-0.1, -0.05) is 12.8 Å². The molecule has 2 rings (SSSR count). The molecular formula is C11H18ClNO4S. The molecule has 0 spiro atoms. The van der Waals surface area contributed by atoms with Crippen molar-refractivity contribution in [2.24, 2.45) is 5.92 Å². The van der Waals surface area contributed by atoms with Crippen molar-refractivity contribution in [2.45, 2.75) is 44.2 Å². The van der Waals surface area contributed by atoms with Gasteiger partial charge in [0.05, 0.1) is 5.75 Å². The second-order valence-corrected chi connectivity index (χ2v) is 7.41. The second kappa shape index (κ2) is 5.35. The van der Waals surface area contributed by atoms with Crippen LogP contribution >= 0.6 is 11.6 Å². The number of nitrogens with zero attached hydrogens (tertiary/aromatic N) is 1. The number of sulfonamides is 1. The number of carboxylic acid groups (broad SMARTS) is 1. The zero-order chi connectivity index (χ0) is 13.3. The SMILES string of the molecule is O=C(O)C1CC2CCCCC2N1S(=O)(=O)CCCl. The van der Waals surface area contributed by atoms with Crippen LogP contribution in [0.1, 0.15) is 32.1 Å². The Kier molecular flexibility index (Phi) is 4.18. The summed E-state index contributed by atoms with van der Waals surface area (Å²) in [6, 6.07) is -1.03. The molecule has 0 aromatic carbocycles. The van der Waals surface area contributed by atoms with E-state index in [-0.39, 0.29) is 23.6 Å². The largest absolute Gasteiger partial charge is 0.480 e. The number of hydrogen-bond acceptors (Lipinski definition) is 3. The highest BCUT2D eigenvalue weighted by atomic mass is 35.5. The zero-order valence-electron chi connectivity index (χ0n) is 10.1. The number of halogens is 1. The number of carboxylic acids is 1. The lowest BCUT2D eigenvalue weighted by molar-refractivity contribution is -0.140. The van der Waals surface area contributed by atoms with Gasteiger partial charge in [-0.15, -0.1) is 11.6 Å². The zero-order valence-corrected chi connectivity index (χ0v) is 11.7. The van der Waals surface area contributed by atoms with Gasteiger partial charge < -0.3 is 5.11 Å². The number of rotatable bonds is 4. The topological polar surface area (TPSA) is 74.7 Å². The average molecular weight is 296 g/mol. The van der Waals surface area contributed by atoms with Gasteiger partial charge in [0.25, 0.3) is 0 Å². The van der Waals surface area contributed by atoms with E-state index in [1.54, 1.807) is 0 Å². The number of alkyl halides is 1. The van der Waals surface area contributed by atoms with Gasteiger partial charge in [0, 0.05) is 11.9 Å². The van der Waals surface area contributed by atoms with E-state index in [0.29, 0.717) is 6.42 Å². The van der Waals surface area contributed by atoms with Crippen LogP contribution in [0.2, 0.25) is 0 Å². The highest BCUT2D eigenvalue weighted by Gasteiger charge is 2.50. The van der Waals surface area contributed by atoms with Crippen molar-refractivity contribution in [3.8, 4) is 0 Å². The van der Waals surface area contributed by atoms with E-state index in [0.717, 1.165) is 25.7 Å². The molecule has 2 fully saturated rings. The molecule has 1 aliphatic heterocycles. The molecule has 3 atom stereocenters. The lowest BCUT2D eigenvalue weighted by atomic mass is 9.85. The first-order chi connectivity index (χ1) is 8.47. The minimum atomic E-state index is -3.55. The third-order valence-corrected chi connectivity index (χ3v) is 6.27. The Morgan fingerprint density at radius 3 is 2.61 bits per heavy atom. The highest BCUT2D eigenvalue weighted by molar-refractivity contribution is 7.89. The Bertz CT molecular complexity index is 425. The van der Waals surface area contributed by atoms with Crippen LogP contribution in [0.4, 0.5) is 0 Å². The van der Waals surface area contributed by atoms with Crippen molar-refractivity contribution >= 4 is 27.6 Å². The number of hydrogen-bond donors (Lipinski definition) is 1. The molecule has 1 saturated heterocycles. The summed E-state index contributed by atoms with van der Waals surface area (Å²) in [6.45, 7) is 0. The minimum absolute atomic E-state index is 0.00254. The summed E-state index contributed by atoms with van der Waals surface area (Å²) in [4.78, 5) is 11.3. The van der Waals surface area contributed by atoms with Crippen molar-refractivity contribution in [3.63, 3.8) is 0 Å². The molecule has 3 unspecified atom stereocenters. The first-order valence-electron chi connectivity index (χ1n) is 6.27. The van der Waals surface area contributed by atoms with Gasteiger partial charge in [-0.25, -0.2) is 8.42 Å². The molecule has 1 heterocycles. The number of carbonyl (C=O) groups is 1. The molecule has 0 aromatic rings. The van der Waals surface area contributed by atoms with Gasteiger partial charge in [0.15, 0.2) is 0 Å². The van der Waals surface area contributed by atoms with Crippen molar-refractivity contribution in [1.82, 2.24) is 4.31 Å². The molecule has 18 heavy (non-hydrogen) atoms. The minimum Gasteiger partial charge on any atom is -0.480 e. The summed E-state index contributed by atoms with van der Waals surface area (Å²) < 4.78 is 25.6. The molecule has 1 saturated carbocycles. The van der Waals surface area contributed by atoms with E-state index in [2.05, 4.69) is 0 Å². The van der Waals surface area contributed by atoms with Crippen molar-refractivity contribution < 1.29 is 18.3 Å². The van der Waals surface area contributed by atoms with Gasteiger partial charge in [-0.3, -0.25) is 4.79 Å². The lowest BCUT2D eigenvalue weighted by Crippen LogP contribution is -2.47. The fourth-order valence-electron chi connectivity index (χ4n) is 3.23. The van der Waals surface area contributed by atoms with Crippen molar-refractivity contribution in [3.05, 3.63) is 0 Å². The molecule has 2 aliphatic rings. The van der Waals surface area contributed by atoms with Crippen LogP contribution in [0.5, 0.6) is 0 Å². The predicted molar refractivity (Wildman–Crippen MR) is 68.1 cm³/mol. The monoisotopic (exact) mass is 295 g/mol. The smallest absolute Gasteiger partial charge is 0.322 e. The quantitative estimate of drug-likeness (QED) is 0.793. The summed E-state index contributed by atoms with van der Waals surface area (Å²) >= 11 is 5.51. The van der Waals surface area contributed by atoms with Gasteiger partial charge in [-0.2, -0.15) is 4.31 Å². The summed E-state index contributed by atoms with van der Waals surface area (Å²) in [5, 5.41) is 9.22. The van der Waals surface area contributed by atoms with E-state index in [9.17, 15) is 18.3 Å². The van der Waals surface area contributed by atoms with E-state index >= 15 is 0 Å². The maximum Gasteiger partial charge on any atom is 0.322 e. The summed E-state index contributed by atoms with van der Waals surface area (Å²) in [5.41, 5.74) is 0. The number of fused-ring (bicyclic) bond motifs is 1. The third kappa shape index (κ3) is 2.51. The van der Waals surface area contributed by atoms with Crippen LogP contribution in [0.25, 0.3) is 0 Å². The summed E-state index contributed by atoms with van der Waals surface area (Å²) in [5.74, 6) is -1.02. The Labute approximate surface area is 112 Å². The Balaban J connectivity index is 2.30. The average Bonchev–Trinajstić information content (AvgIpc) is 2.68. The van der Waals surface area contributed by atoms with Crippen molar-refractivity contribution in [1.29, 1.82) is 0 Å². The molecule has 0 bridgehead atoms. The normalized spacial score (nSPS) is 33.3. The predicted octanol–water partition coefficient (Wildman–Crippen LogP) is 1.27. The molecule has 1 aliphatic carbocycles. The van der Waals surface area contributed by atoms with Crippen LogP contribution < -0.4 is 0 Å². The Hall–Kier alpha value is -0.330. The Morgan fingerprint density at radius 1 is 1.33 bits per heavy atom. The fourth-order valence-corrected chi connectivity index (χ4v) is 5.48. The van der Waals surface area contributed by atoms with Crippen LogP contribution in [0.15, 0.2) is 0 Å². The lowest BCUT2D eigenvalue weighted by Gasteiger charge is -2.31. The second-order valence-electron chi connectivity index (χ2n) is 5.04. The highest BCUT2D eigenvalue weighted by Crippen LogP contribution is 2.41. The molecule has 5 nitrogen and oxygen atoms in total. The maximum atomic E-state index is 12.2. The van der Waals surface area contributed by atoms with Crippen LogP contribution in [-0.2, 0) is 14.8 Å².